The molecule has 0 bridgehead atoms. The van der Waals surface area contributed by atoms with E-state index in [4.69, 9.17) is 5.73 Å². The van der Waals surface area contributed by atoms with E-state index in [9.17, 15) is 13.2 Å². The van der Waals surface area contributed by atoms with E-state index in [0.717, 1.165) is 6.07 Å². The number of hydrogen-bond acceptors (Lipinski definition) is 1. The van der Waals surface area contributed by atoms with Crippen molar-refractivity contribution < 1.29 is 13.2 Å². The monoisotopic (exact) mass is 175 g/mol. The molecular weight excluding hydrogens is 167 g/mol. The highest BCUT2D eigenvalue weighted by Gasteiger charge is 2.30. The predicted octanol–water partition coefficient (Wildman–Crippen LogP) is 2.52. The highest BCUT2D eigenvalue weighted by atomic mass is 19.3. The van der Waals surface area contributed by atoms with E-state index in [-0.39, 0.29) is 5.69 Å². The van der Waals surface area contributed by atoms with Gasteiger partial charge in [0.25, 0.3) is 5.92 Å². The van der Waals surface area contributed by atoms with Crippen molar-refractivity contribution in [3.8, 4) is 0 Å². The fourth-order valence-electron chi connectivity index (χ4n) is 1.00. The van der Waals surface area contributed by atoms with Crippen LogP contribution in [0.25, 0.3) is 0 Å². The van der Waals surface area contributed by atoms with Crippen molar-refractivity contribution in [1.29, 1.82) is 0 Å². The lowest BCUT2D eigenvalue weighted by Gasteiger charge is -2.13. The number of anilines is 1. The molecule has 2 N–H and O–H groups in total. The van der Waals surface area contributed by atoms with Gasteiger partial charge in [-0.2, -0.15) is 0 Å². The molecule has 0 unspecified atom stereocenters. The molecule has 1 aromatic rings. The molecule has 0 saturated carbocycles. The van der Waals surface area contributed by atoms with E-state index >= 15 is 0 Å². The molecule has 0 fully saturated rings. The fraction of sp³-hybridized carbons (Fsp3) is 0.250. The highest BCUT2D eigenvalue weighted by molar-refractivity contribution is 5.49. The molecule has 1 nitrogen and oxygen atoms in total. The Balaban J connectivity index is 3.31. The van der Waals surface area contributed by atoms with Gasteiger partial charge in [-0.3, -0.25) is 0 Å². The number of benzene rings is 1. The third kappa shape index (κ3) is 1.52. The first kappa shape index (κ1) is 8.90. The molecule has 0 amide bonds. The number of nitrogens with two attached hydrogens (primary N) is 1. The van der Waals surface area contributed by atoms with E-state index in [1.807, 2.05) is 0 Å². The summed E-state index contributed by atoms with van der Waals surface area (Å²) in [6, 6.07) is 3.50. The molecule has 0 aliphatic rings. The Kier molecular flexibility index (Phi) is 2.00. The summed E-state index contributed by atoms with van der Waals surface area (Å²) in [5, 5.41) is 0. The molecule has 0 radical (unpaired) electrons. The minimum absolute atomic E-state index is 0.220. The topological polar surface area (TPSA) is 26.0 Å². The maximum absolute atomic E-state index is 12.8. The van der Waals surface area contributed by atoms with Crippen molar-refractivity contribution in [3.63, 3.8) is 0 Å². The molecule has 0 aliphatic carbocycles. The number of hydrogen-bond donors (Lipinski definition) is 1. The van der Waals surface area contributed by atoms with E-state index in [1.165, 1.54) is 12.1 Å². The Hall–Kier alpha value is -1.19. The van der Waals surface area contributed by atoms with Crippen LogP contribution < -0.4 is 5.73 Å². The summed E-state index contributed by atoms with van der Waals surface area (Å²) in [5.74, 6) is -4.20. The van der Waals surface area contributed by atoms with Crippen LogP contribution in [0.5, 0.6) is 0 Å². The van der Waals surface area contributed by atoms with Gasteiger partial charge >= 0.3 is 0 Å². The van der Waals surface area contributed by atoms with Crippen LogP contribution in [0, 0.1) is 5.82 Å². The average molecular weight is 175 g/mol. The van der Waals surface area contributed by atoms with Crippen molar-refractivity contribution in [2.45, 2.75) is 12.8 Å². The summed E-state index contributed by atoms with van der Waals surface area (Å²) in [7, 11) is 0. The van der Waals surface area contributed by atoms with E-state index in [1.54, 1.807) is 0 Å². The van der Waals surface area contributed by atoms with Crippen LogP contribution in [0.4, 0.5) is 18.9 Å². The van der Waals surface area contributed by atoms with Crippen LogP contribution in [0.15, 0.2) is 18.2 Å². The second kappa shape index (κ2) is 2.69. The Morgan fingerprint density at radius 3 is 2.25 bits per heavy atom. The standard InChI is InChI=1S/C8H8F3N/c1-8(10,11)7-5(9)3-2-4-6(7)12/h2-4H,12H2,1H3. The molecule has 66 valence electrons. The zero-order valence-electron chi connectivity index (χ0n) is 6.44. The van der Waals surface area contributed by atoms with Crippen molar-refractivity contribution in [2.24, 2.45) is 0 Å². The largest absolute Gasteiger partial charge is 0.398 e. The van der Waals surface area contributed by atoms with Gasteiger partial charge < -0.3 is 5.73 Å². The van der Waals surface area contributed by atoms with Crippen LogP contribution in [0.1, 0.15) is 12.5 Å². The first-order valence-corrected chi connectivity index (χ1v) is 3.35. The lowest BCUT2D eigenvalue weighted by atomic mass is 10.1. The molecule has 0 atom stereocenters. The van der Waals surface area contributed by atoms with Gasteiger partial charge in [-0.15, -0.1) is 0 Å². The van der Waals surface area contributed by atoms with Gasteiger partial charge in [0, 0.05) is 12.6 Å². The second-order valence-electron chi connectivity index (χ2n) is 2.59. The van der Waals surface area contributed by atoms with Gasteiger partial charge in [0.2, 0.25) is 0 Å². The number of halogens is 3. The zero-order valence-corrected chi connectivity index (χ0v) is 6.44. The Labute approximate surface area is 68.0 Å². The molecule has 1 aromatic carbocycles. The highest BCUT2D eigenvalue weighted by Crippen LogP contribution is 2.33. The van der Waals surface area contributed by atoms with Crippen LogP contribution >= 0.6 is 0 Å². The van der Waals surface area contributed by atoms with E-state index in [0.29, 0.717) is 6.92 Å². The Morgan fingerprint density at radius 2 is 1.92 bits per heavy atom. The quantitative estimate of drug-likeness (QED) is 0.652. The third-order valence-corrected chi connectivity index (χ3v) is 1.48. The third-order valence-electron chi connectivity index (χ3n) is 1.48. The van der Waals surface area contributed by atoms with Crippen LogP contribution in [-0.2, 0) is 5.92 Å². The van der Waals surface area contributed by atoms with Crippen molar-refractivity contribution >= 4 is 5.69 Å². The minimum Gasteiger partial charge on any atom is -0.398 e. The molecule has 1 rings (SSSR count). The first-order valence-electron chi connectivity index (χ1n) is 3.35. The number of rotatable bonds is 1. The molecule has 0 saturated heterocycles. The maximum Gasteiger partial charge on any atom is 0.275 e. The number of alkyl halides is 2. The average Bonchev–Trinajstić information content (AvgIpc) is 1.82. The molecule has 0 spiro atoms. The van der Waals surface area contributed by atoms with E-state index < -0.39 is 17.3 Å². The molecule has 4 heteroatoms. The SMILES string of the molecule is CC(F)(F)c1c(N)cccc1F. The van der Waals surface area contributed by atoms with Crippen LogP contribution in [0.2, 0.25) is 0 Å². The zero-order chi connectivity index (χ0) is 9.35. The summed E-state index contributed by atoms with van der Waals surface area (Å²) >= 11 is 0. The van der Waals surface area contributed by atoms with Gasteiger partial charge in [0.15, 0.2) is 0 Å². The van der Waals surface area contributed by atoms with Crippen molar-refractivity contribution in [1.82, 2.24) is 0 Å². The first-order chi connectivity index (χ1) is 5.43. The Morgan fingerprint density at radius 1 is 1.33 bits per heavy atom. The minimum atomic E-state index is -3.23. The van der Waals surface area contributed by atoms with Gasteiger partial charge in [0.05, 0.1) is 5.56 Å². The van der Waals surface area contributed by atoms with Crippen LogP contribution in [-0.4, -0.2) is 0 Å². The summed E-state index contributed by atoms with van der Waals surface area (Å²) in [4.78, 5) is 0. The van der Waals surface area contributed by atoms with Gasteiger partial charge in [-0.25, -0.2) is 13.2 Å². The lowest BCUT2D eigenvalue weighted by molar-refractivity contribution is 0.0146. The summed E-state index contributed by atoms with van der Waals surface area (Å²) < 4.78 is 38.1. The molecule has 12 heavy (non-hydrogen) atoms. The molecule has 0 aromatic heterocycles. The molecular formula is C8H8F3N. The number of nitrogen functional groups attached to an aromatic ring is 1. The van der Waals surface area contributed by atoms with Gasteiger partial charge in [-0.1, -0.05) is 6.07 Å². The molecule has 0 aliphatic heterocycles. The Bertz CT molecular complexity index is 271. The summed E-state index contributed by atoms with van der Waals surface area (Å²) in [6.07, 6.45) is 0. The second-order valence-corrected chi connectivity index (χ2v) is 2.59. The normalized spacial score (nSPS) is 11.7. The molecule has 0 heterocycles. The van der Waals surface area contributed by atoms with Gasteiger partial charge in [-0.05, 0) is 12.1 Å². The fourth-order valence-corrected chi connectivity index (χ4v) is 1.00. The summed E-state index contributed by atoms with van der Waals surface area (Å²) in [5.41, 5.74) is 4.24. The van der Waals surface area contributed by atoms with Gasteiger partial charge in [0.1, 0.15) is 5.82 Å². The summed E-state index contributed by atoms with van der Waals surface area (Å²) in [6.45, 7) is 0.613. The van der Waals surface area contributed by atoms with Crippen molar-refractivity contribution in [2.75, 3.05) is 5.73 Å². The van der Waals surface area contributed by atoms with Crippen LogP contribution in [0.3, 0.4) is 0 Å². The van der Waals surface area contributed by atoms with E-state index in [2.05, 4.69) is 0 Å². The maximum atomic E-state index is 12.8. The smallest absolute Gasteiger partial charge is 0.275 e. The van der Waals surface area contributed by atoms with Crippen molar-refractivity contribution in [3.05, 3.63) is 29.6 Å². The lowest BCUT2D eigenvalue weighted by Crippen LogP contribution is -2.12. The predicted molar refractivity (Wildman–Crippen MR) is 40.4 cm³/mol.